The second-order valence-electron chi connectivity index (χ2n) is 4.86. The van der Waals surface area contributed by atoms with Crippen LogP contribution >= 0.6 is 0 Å². The molecule has 61 valence electrons. The predicted octanol–water partition coefficient (Wildman–Crippen LogP) is 1.42. The van der Waals surface area contributed by atoms with Crippen LogP contribution in [-0.4, -0.2) is 3.93 Å². The molecule has 0 amide bonds. The average molecular weight is 226 g/mol. The van der Waals surface area contributed by atoms with Gasteiger partial charge in [-0.1, -0.05) is 0 Å². The molecule has 1 N–H and O–H groups in total. The first kappa shape index (κ1) is 8.98. The summed E-state index contributed by atoms with van der Waals surface area (Å²) in [6.07, 6.45) is 0. The fourth-order valence-electron chi connectivity index (χ4n) is 0. The first-order valence-corrected chi connectivity index (χ1v) is 11.9. The van der Waals surface area contributed by atoms with Gasteiger partial charge in [0.05, 0.1) is 0 Å². The van der Waals surface area contributed by atoms with E-state index >= 15 is 0 Å². The van der Waals surface area contributed by atoms with E-state index in [1.807, 2.05) is 0 Å². The quantitative estimate of drug-likeness (QED) is 0.634. The molecule has 0 aliphatic heterocycles. The van der Waals surface area contributed by atoms with E-state index in [1.165, 1.54) is 0 Å². The number of rotatable bonds is 0. The first-order valence-electron chi connectivity index (χ1n) is 2.01. The monoisotopic (exact) mass is 227 g/mol. The van der Waals surface area contributed by atoms with Gasteiger partial charge < -0.3 is 0 Å². The van der Waals surface area contributed by atoms with Crippen molar-refractivity contribution in [2.24, 2.45) is 0 Å². The van der Waals surface area contributed by atoms with E-state index in [4.69, 9.17) is 3.93 Å². The molecule has 0 bridgehead atoms. The van der Waals surface area contributed by atoms with E-state index in [1.54, 1.807) is 0 Å². The van der Waals surface area contributed by atoms with Gasteiger partial charge >= 0.3 is 47.0 Å². The number of hydrogen-bond acceptors (Lipinski definition) is 3. The second kappa shape index (κ2) is 0.497. The van der Waals surface area contributed by atoms with E-state index in [0.29, 0.717) is 22.1 Å². The van der Waals surface area contributed by atoms with E-state index in [0.717, 1.165) is 0 Å². The van der Waals surface area contributed by atoms with Crippen LogP contribution in [0.2, 0.25) is 22.1 Å². The molecule has 0 heterocycles. The topological polar surface area (TPSA) is 71.4 Å². The van der Waals surface area contributed by atoms with E-state index in [-0.39, 0.29) is 0 Å². The molecule has 9 heavy (non-hydrogen) atoms. The molecule has 0 rings (SSSR count). The summed E-state index contributed by atoms with van der Waals surface area (Å²) >= 11 is 0. The van der Waals surface area contributed by atoms with Crippen LogP contribution in [0.4, 0.5) is 0 Å². The maximum absolute atomic E-state index is 11.0. The van der Waals surface area contributed by atoms with E-state index < -0.39 is 10.3 Å². The zero-order chi connectivity index (χ0) is 8.35. The van der Waals surface area contributed by atoms with Crippen molar-refractivity contribution < 1.29 is 24.9 Å². The van der Waals surface area contributed by atoms with Crippen LogP contribution in [0, 0.1) is 0 Å². The Hall–Kier alpha value is -0.0166. The minimum atomic E-state index is -7.90. The molecule has 0 aromatic heterocycles. The van der Waals surface area contributed by atoms with Crippen LogP contribution in [0.3, 0.4) is 0 Å². The maximum atomic E-state index is 11.0. The summed E-state index contributed by atoms with van der Waals surface area (Å²) in [4.78, 5) is 0. The fraction of sp³-hybridized carbons (Fsp3) is 1.00. The zero-order valence-corrected chi connectivity index (χ0v) is 7.76. The van der Waals surface area contributed by atoms with Crippen molar-refractivity contribution in [1.29, 1.82) is 0 Å². The van der Waals surface area contributed by atoms with Gasteiger partial charge in [0, 0.05) is 0 Å². The van der Waals surface area contributed by atoms with E-state index in [2.05, 4.69) is 0 Å². The third-order valence-corrected chi connectivity index (χ3v) is 0. The molecular formula is C4H13O4Ru. The SMILES string of the molecule is [CH3][Ru]([CH3])([CH3])([CH3])(=[O])(=[O])(=[O])[OH]. The molecule has 0 radical (unpaired) electrons. The third-order valence-electron chi connectivity index (χ3n) is 0. The molecule has 0 fully saturated rings. The molecule has 0 saturated carbocycles. The summed E-state index contributed by atoms with van der Waals surface area (Å²) in [5.41, 5.74) is 1.27. The first-order chi connectivity index (χ1) is 2.83. The summed E-state index contributed by atoms with van der Waals surface area (Å²) in [6, 6.07) is 0. The molecule has 0 aromatic carbocycles. The van der Waals surface area contributed by atoms with Crippen LogP contribution in [-0.2, 0) is 21.0 Å². The predicted molar refractivity (Wildman–Crippen MR) is 27.7 cm³/mol. The summed E-state index contributed by atoms with van der Waals surface area (Å²) in [7, 11) is -7.90. The van der Waals surface area contributed by atoms with Gasteiger partial charge in [-0.15, -0.1) is 0 Å². The summed E-state index contributed by atoms with van der Waals surface area (Å²) < 4.78 is 41.9. The van der Waals surface area contributed by atoms with Gasteiger partial charge in [0.25, 0.3) is 0 Å². The van der Waals surface area contributed by atoms with Crippen LogP contribution < -0.4 is 0 Å². The normalized spacial score (nSPS) is 30.8. The van der Waals surface area contributed by atoms with Gasteiger partial charge in [0.1, 0.15) is 0 Å². The van der Waals surface area contributed by atoms with Crippen molar-refractivity contribution in [3.05, 3.63) is 0 Å². The molecule has 0 saturated heterocycles. The second-order valence-corrected chi connectivity index (χ2v) is 28.7. The van der Waals surface area contributed by atoms with E-state index in [9.17, 15) is 10.7 Å². The molecular weight excluding hydrogens is 213 g/mol. The Bertz CT molecular complexity index is 420. The summed E-state index contributed by atoms with van der Waals surface area (Å²) in [6.45, 7) is 0. The van der Waals surface area contributed by atoms with Crippen molar-refractivity contribution in [1.82, 2.24) is 0 Å². The standard InChI is InChI=1S/4CH3.H2O.3O.Ru/h4*1H3;1H2;;;;/q;;;;;;;;+1/p-1. The van der Waals surface area contributed by atoms with Gasteiger partial charge in [-0.3, -0.25) is 0 Å². The van der Waals surface area contributed by atoms with Crippen molar-refractivity contribution in [2.75, 3.05) is 0 Å². The molecule has 0 aliphatic rings. The Labute approximate surface area is 47.6 Å². The fourth-order valence-corrected chi connectivity index (χ4v) is 0. The minimum absolute atomic E-state index is 0.318. The third kappa shape index (κ3) is 1030000. The Morgan fingerprint density at radius 3 is 0.889 bits per heavy atom. The van der Waals surface area contributed by atoms with Gasteiger partial charge in [-0.2, -0.15) is 0 Å². The van der Waals surface area contributed by atoms with Crippen molar-refractivity contribution in [2.45, 2.75) is 22.1 Å². The van der Waals surface area contributed by atoms with Gasteiger partial charge in [-0.05, 0) is 0 Å². The van der Waals surface area contributed by atoms with Crippen molar-refractivity contribution in [3.8, 4) is 0 Å². The Morgan fingerprint density at radius 1 is 0.889 bits per heavy atom. The molecule has 0 unspecified atom stereocenters. The van der Waals surface area contributed by atoms with Crippen molar-refractivity contribution in [3.63, 3.8) is 0 Å². The molecule has 0 aliphatic carbocycles. The Balaban J connectivity index is 7.25. The average Bonchev–Trinajstić information content (AvgIpc) is 0.503. The molecule has 4 nitrogen and oxygen atoms in total. The van der Waals surface area contributed by atoms with Gasteiger partial charge in [0.2, 0.25) is 0 Å². The Kier molecular flexibility index (Phi) is 0.496. The van der Waals surface area contributed by atoms with Crippen LogP contribution in [0.15, 0.2) is 0 Å². The molecule has 0 spiro atoms. The van der Waals surface area contributed by atoms with Gasteiger partial charge in [-0.25, -0.2) is 0 Å². The summed E-state index contributed by atoms with van der Waals surface area (Å²) in [5, 5.41) is 0. The van der Waals surface area contributed by atoms with Crippen LogP contribution in [0.25, 0.3) is 0 Å². The van der Waals surface area contributed by atoms with Crippen molar-refractivity contribution >= 4 is 0 Å². The van der Waals surface area contributed by atoms with Gasteiger partial charge in [0.15, 0.2) is 0 Å². The molecule has 5 heteroatoms. The van der Waals surface area contributed by atoms with Crippen LogP contribution in [0.5, 0.6) is 0 Å². The zero-order valence-electron chi connectivity index (χ0n) is 6.03. The Morgan fingerprint density at radius 2 is 0.889 bits per heavy atom. The number of hydrogen-bond donors (Lipinski definition) is 1. The van der Waals surface area contributed by atoms with Crippen LogP contribution in [0.1, 0.15) is 0 Å². The molecule has 0 aromatic rings. The molecule has 0 atom stereocenters. The summed E-state index contributed by atoms with van der Waals surface area (Å²) in [5.74, 6) is 0.